The maximum Gasteiger partial charge on any atom is 0.417 e. The van der Waals surface area contributed by atoms with Crippen LogP contribution in [0.3, 0.4) is 0 Å². The highest BCUT2D eigenvalue weighted by Gasteiger charge is 2.35. The number of thiocarbonyl (C=S) groups is 1. The number of carboxylic acids is 1. The second-order valence-electron chi connectivity index (χ2n) is 10.7. The number of amides is 1. The second-order valence-corrected chi connectivity index (χ2v) is 11.1. The van der Waals surface area contributed by atoms with Gasteiger partial charge in [0.1, 0.15) is 30.6 Å². The van der Waals surface area contributed by atoms with E-state index in [1.54, 1.807) is 0 Å². The van der Waals surface area contributed by atoms with Gasteiger partial charge in [-0.2, -0.15) is 0 Å². The van der Waals surface area contributed by atoms with E-state index >= 15 is 0 Å². The second kappa shape index (κ2) is 13.5. The van der Waals surface area contributed by atoms with Crippen LogP contribution in [0.4, 0.5) is 10.5 Å². The topological polar surface area (TPSA) is 139 Å². The van der Waals surface area contributed by atoms with Crippen LogP contribution in [0.15, 0.2) is 35.9 Å². The first-order chi connectivity index (χ1) is 20.4. The Bertz CT molecular complexity index is 1450. The summed E-state index contributed by atoms with van der Waals surface area (Å²) in [5.41, 5.74) is 3.38. The number of allylic oxidation sites excluding steroid dienone is 2. The summed E-state index contributed by atoms with van der Waals surface area (Å²) in [5.74, 6) is -1.78. The minimum absolute atomic E-state index is 0.0348. The third kappa shape index (κ3) is 7.89. The lowest BCUT2D eigenvalue weighted by Gasteiger charge is -2.19. The predicted molar refractivity (Wildman–Crippen MR) is 160 cm³/mol. The fourth-order valence-electron chi connectivity index (χ4n) is 4.84. The van der Waals surface area contributed by atoms with Gasteiger partial charge in [0.25, 0.3) is 0 Å². The highest BCUT2D eigenvalue weighted by molar-refractivity contribution is 7.80. The van der Waals surface area contributed by atoms with E-state index < -0.39 is 23.8 Å². The zero-order chi connectivity index (χ0) is 31.3. The van der Waals surface area contributed by atoms with E-state index in [1.165, 1.54) is 31.4 Å². The summed E-state index contributed by atoms with van der Waals surface area (Å²) in [5, 5.41) is 12.1. The number of aromatic carboxylic acids is 1. The Morgan fingerprint density at radius 3 is 2.53 bits per heavy atom. The molecule has 0 bridgehead atoms. The number of hydrogen-bond donors (Lipinski definition) is 2. The Kier molecular flexibility index (Phi) is 10.0. The lowest BCUT2D eigenvalue weighted by molar-refractivity contribution is -0.141. The number of carbonyl (C=O) groups excluding carboxylic acids is 2. The Labute approximate surface area is 255 Å². The van der Waals surface area contributed by atoms with Gasteiger partial charge in [-0.15, -0.1) is 0 Å². The fourth-order valence-corrected chi connectivity index (χ4v) is 5.01. The Balaban J connectivity index is 1.48. The molecule has 4 rings (SSSR count). The van der Waals surface area contributed by atoms with Crippen molar-refractivity contribution in [3.8, 4) is 11.5 Å². The minimum Gasteiger partial charge on any atom is -0.496 e. The molecule has 0 radical (unpaired) electrons. The molecule has 43 heavy (non-hydrogen) atoms. The summed E-state index contributed by atoms with van der Waals surface area (Å²) in [6.45, 7) is 8.28. The third-order valence-electron chi connectivity index (χ3n) is 7.07. The molecule has 2 aromatic rings. The summed E-state index contributed by atoms with van der Waals surface area (Å²) in [7, 11) is 1.51. The van der Waals surface area contributed by atoms with Crippen LogP contribution in [0.25, 0.3) is 0 Å². The standard InChI is InChI=1S/C31H35NO10S/c1-17(7-13-24(43)38-14-21-15-40-31(3,4)42-21)6-12-22-26(37-5)18(2)23-16-39-29(35)25(23)27(22)41-30(36)32-20-10-8-19(9-11-20)28(33)34/h6,8-11,21H,7,12-16H2,1-5H3,(H,32,36)(H,33,34)/b17-6+. The molecule has 2 heterocycles. The van der Waals surface area contributed by atoms with Crippen molar-refractivity contribution in [1.82, 2.24) is 0 Å². The van der Waals surface area contributed by atoms with Crippen molar-refractivity contribution in [3.63, 3.8) is 0 Å². The minimum atomic E-state index is -1.09. The largest absolute Gasteiger partial charge is 0.496 e. The van der Waals surface area contributed by atoms with Gasteiger partial charge in [0.05, 0.1) is 19.3 Å². The number of carbonyl (C=O) groups is 3. The molecule has 1 fully saturated rings. The number of benzene rings is 2. The molecule has 2 aliphatic rings. The zero-order valence-corrected chi connectivity index (χ0v) is 25.6. The molecule has 2 aliphatic heterocycles. The lowest BCUT2D eigenvalue weighted by Crippen LogP contribution is -2.24. The number of nitrogens with one attached hydrogen (secondary N) is 1. The van der Waals surface area contributed by atoms with Gasteiger partial charge in [-0.25, -0.2) is 14.4 Å². The van der Waals surface area contributed by atoms with E-state index in [0.717, 1.165) is 11.1 Å². The number of ether oxygens (including phenoxy) is 6. The van der Waals surface area contributed by atoms with Crippen LogP contribution in [0.1, 0.15) is 71.0 Å². The van der Waals surface area contributed by atoms with Gasteiger partial charge < -0.3 is 33.5 Å². The van der Waals surface area contributed by atoms with Crippen molar-refractivity contribution >= 4 is 41.0 Å². The first-order valence-corrected chi connectivity index (χ1v) is 14.1. The van der Waals surface area contributed by atoms with Crippen LogP contribution in [-0.2, 0) is 32.0 Å². The van der Waals surface area contributed by atoms with E-state index in [1.807, 2.05) is 33.8 Å². The highest BCUT2D eigenvalue weighted by atomic mass is 32.1. The smallest absolute Gasteiger partial charge is 0.417 e. The molecule has 0 aromatic heterocycles. The molecule has 1 saturated heterocycles. The van der Waals surface area contributed by atoms with E-state index in [-0.39, 0.29) is 29.6 Å². The number of methoxy groups -OCH3 is 1. The first-order valence-electron chi connectivity index (χ1n) is 13.7. The number of carboxylic acid groups (broad SMARTS) is 1. The molecule has 12 heteroatoms. The molecule has 0 spiro atoms. The van der Waals surface area contributed by atoms with Gasteiger partial charge in [-0.3, -0.25) is 5.32 Å². The van der Waals surface area contributed by atoms with Gasteiger partial charge in [0.2, 0.25) is 0 Å². The van der Waals surface area contributed by atoms with Crippen LogP contribution in [-0.4, -0.2) is 60.4 Å². The average molecular weight is 614 g/mol. The zero-order valence-electron chi connectivity index (χ0n) is 24.7. The fraction of sp³-hybridized carbons (Fsp3) is 0.419. The molecule has 1 amide bonds. The van der Waals surface area contributed by atoms with Crippen molar-refractivity contribution in [3.05, 3.63) is 63.7 Å². The molecule has 1 unspecified atom stereocenters. The van der Waals surface area contributed by atoms with E-state index in [0.29, 0.717) is 60.1 Å². The molecular formula is C31H35NO10S. The Morgan fingerprint density at radius 1 is 1.19 bits per heavy atom. The number of anilines is 1. The lowest BCUT2D eigenvalue weighted by atomic mass is 9.94. The average Bonchev–Trinajstić information content (AvgIpc) is 3.52. The van der Waals surface area contributed by atoms with Gasteiger partial charge >= 0.3 is 18.0 Å². The normalized spacial score (nSPS) is 17.2. The predicted octanol–water partition coefficient (Wildman–Crippen LogP) is 5.75. The molecule has 230 valence electrons. The van der Waals surface area contributed by atoms with Gasteiger partial charge in [-0.05, 0) is 82.6 Å². The molecular weight excluding hydrogens is 578 g/mol. The Hall–Kier alpha value is -4.00. The van der Waals surface area contributed by atoms with Crippen molar-refractivity contribution < 1.29 is 47.9 Å². The molecule has 0 aliphatic carbocycles. The molecule has 2 N–H and O–H groups in total. The maximum absolute atomic E-state index is 12.9. The Morgan fingerprint density at radius 2 is 1.91 bits per heavy atom. The van der Waals surface area contributed by atoms with Gasteiger partial charge in [-0.1, -0.05) is 11.6 Å². The third-order valence-corrected chi connectivity index (χ3v) is 7.40. The molecule has 0 saturated carbocycles. The van der Waals surface area contributed by atoms with Crippen LogP contribution < -0.4 is 14.8 Å². The van der Waals surface area contributed by atoms with Crippen molar-refractivity contribution in [2.75, 3.05) is 25.6 Å². The molecule has 1 atom stereocenters. The molecule has 11 nitrogen and oxygen atoms in total. The molecule has 2 aromatic carbocycles. The van der Waals surface area contributed by atoms with E-state index in [9.17, 15) is 14.4 Å². The van der Waals surface area contributed by atoms with Crippen molar-refractivity contribution in [2.24, 2.45) is 0 Å². The van der Waals surface area contributed by atoms with E-state index in [4.69, 9.17) is 45.7 Å². The van der Waals surface area contributed by atoms with E-state index in [2.05, 4.69) is 5.32 Å². The maximum atomic E-state index is 12.9. The summed E-state index contributed by atoms with van der Waals surface area (Å²) < 4.78 is 33.7. The number of esters is 1. The van der Waals surface area contributed by atoms with Crippen LogP contribution in [0.2, 0.25) is 0 Å². The van der Waals surface area contributed by atoms with Gasteiger partial charge in [0.15, 0.2) is 16.6 Å². The van der Waals surface area contributed by atoms with Gasteiger partial charge in [0, 0.05) is 23.2 Å². The van der Waals surface area contributed by atoms with Crippen LogP contribution in [0, 0.1) is 6.92 Å². The summed E-state index contributed by atoms with van der Waals surface area (Å²) in [4.78, 5) is 36.8. The number of rotatable bonds is 11. The van der Waals surface area contributed by atoms with Crippen molar-refractivity contribution in [2.45, 2.75) is 65.5 Å². The van der Waals surface area contributed by atoms with Crippen LogP contribution in [0.5, 0.6) is 11.5 Å². The number of hydrogen-bond acceptors (Lipinski definition) is 10. The highest BCUT2D eigenvalue weighted by Crippen LogP contribution is 2.43. The summed E-state index contributed by atoms with van der Waals surface area (Å²) >= 11 is 5.40. The van der Waals surface area contributed by atoms with Crippen LogP contribution >= 0.6 is 12.2 Å². The number of cyclic esters (lactones) is 1. The first kappa shape index (κ1) is 31.9. The monoisotopic (exact) mass is 613 g/mol. The summed E-state index contributed by atoms with van der Waals surface area (Å²) in [6, 6.07) is 5.59. The SMILES string of the molecule is COc1c(C)c2c(c(OC(=O)Nc3ccc(C(=O)O)cc3)c1C/C=C(\C)CCC(=S)OCC1COC(C)(C)O1)C(=O)OC2. The summed E-state index contributed by atoms with van der Waals surface area (Å²) in [6.07, 6.45) is 2.37. The quantitative estimate of drug-likeness (QED) is 0.182. The van der Waals surface area contributed by atoms with Crippen molar-refractivity contribution in [1.29, 1.82) is 0 Å². The number of fused-ring (bicyclic) bond motifs is 1.